The monoisotopic (exact) mass is 303 g/mol. The number of nitrogens with zero attached hydrogens (tertiary/aromatic N) is 1. The van der Waals surface area contributed by atoms with E-state index >= 15 is 0 Å². The Morgan fingerprint density at radius 2 is 2.05 bits per heavy atom. The van der Waals surface area contributed by atoms with Crippen LogP contribution in [0.5, 0.6) is 0 Å². The molecule has 3 rings (SSSR count). The topological polar surface area (TPSA) is 12.9 Å². The van der Waals surface area contributed by atoms with Gasteiger partial charge in [0.2, 0.25) is 0 Å². The van der Waals surface area contributed by atoms with Crippen molar-refractivity contribution in [1.29, 1.82) is 0 Å². The molecule has 1 aromatic carbocycles. The molecule has 0 spiro atoms. The minimum Gasteiger partial charge on any atom is -0.264 e. The van der Waals surface area contributed by atoms with Crippen molar-refractivity contribution in [2.75, 3.05) is 0 Å². The van der Waals surface area contributed by atoms with Crippen LogP contribution in [0.3, 0.4) is 0 Å². The second-order valence-corrected chi connectivity index (χ2v) is 5.99. The zero-order valence-corrected chi connectivity index (χ0v) is 12.7. The van der Waals surface area contributed by atoms with Crippen LogP contribution >= 0.6 is 23.2 Å². The largest absolute Gasteiger partial charge is 0.264 e. The third-order valence-electron chi connectivity index (χ3n) is 3.99. The number of benzene rings is 1. The first-order chi connectivity index (χ1) is 9.67. The van der Waals surface area contributed by atoms with E-state index in [4.69, 9.17) is 23.2 Å². The molecule has 0 radical (unpaired) electrons. The molecule has 20 heavy (non-hydrogen) atoms. The van der Waals surface area contributed by atoms with Gasteiger partial charge in [-0.2, -0.15) is 0 Å². The van der Waals surface area contributed by atoms with Crippen molar-refractivity contribution >= 4 is 28.8 Å². The van der Waals surface area contributed by atoms with E-state index in [9.17, 15) is 0 Å². The summed E-state index contributed by atoms with van der Waals surface area (Å²) in [4.78, 5) is 4.26. The maximum Gasteiger partial charge on any atom is 0.0496 e. The maximum absolute atomic E-state index is 6.38. The SMILES string of the molecule is C/C=C(\c1ccc(Cl)cc1Cl)C1(c2cccnc2)CC1. The van der Waals surface area contributed by atoms with Crippen molar-refractivity contribution in [1.82, 2.24) is 4.98 Å². The number of pyridine rings is 1. The van der Waals surface area contributed by atoms with Crippen molar-refractivity contribution in [3.05, 3.63) is 70.0 Å². The molecule has 1 fully saturated rings. The summed E-state index contributed by atoms with van der Waals surface area (Å²) in [5.41, 5.74) is 3.67. The lowest BCUT2D eigenvalue weighted by Crippen LogP contribution is -2.10. The van der Waals surface area contributed by atoms with Crippen LogP contribution in [0.25, 0.3) is 5.57 Å². The summed E-state index contributed by atoms with van der Waals surface area (Å²) >= 11 is 12.4. The van der Waals surface area contributed by atoms with E-state index in [0.717, 1.165) is 18.4 Å². The average Bonchev–Trinajstić information content (AvgIpc) is 3.25. The van der Waals surface area contributed by atoms with Gasteiger partial charge in [-0.05, 0) is 54.7 Å². The van der Waals surface area contributed by atoms with E-state index in [1.165, 1.54) is 11.1 Å². The molecule has 0 atom stereocenters. The molecule has 2 aromatic rings. The van der Waals surface area contributed by atoms with Crippen LogP contribution in [0, 0.1) is 0 Å². The minimum absolute atomic E-state index is 0.0699. The van der Waals surface area contributed by atoms with E-state index < -0.39 is 0 Å². The van der Waals surface area contributed by atoms with Gasteiger partial charge in [0, 0.05) is 27.9 Å². The van der Waals surface area contributed by atoms with Gasteiger partial charge in [-0.15, -0.1) is 0 Å². The molecule has 1 aliphatic rings. The van der Waals surface area contributed by atoms with Crippen LogP contribution in [-0.2, 0) is 5.41 Å². The average molecular weight is 304 g/mol. The molecular formula is C17H15Cl2N. The molecule has 0 N–H and O–H groups in total. The molecule has 1 aliphatic carbocycles. The van der Waals surface area contributed by atoms with Gasteiger partial charge in [0.15, 0.2) is 0 Å². The van der Waals surface area contributed by atoms with Gasteiger partial charge in [-0.25, -0.2) is 0 Å². The van der Waals surface area contributed by atoms with E-state index in [1.54, 1.807) is 6.07 Å². The zero-order chi connectivity index (χ0) is 14.2. The molecule has 3 heteroatoms. The molecule has 0 aliphatic heterocycles. The van der Waals surface area contributed by atoms with Crippen LogP contribution < -0.4 is 0 Å². The molecule has 0 bridgehead atoms. The highest BCUT2D eigenvalue weighted by molar-refractivity contribution is 6.35. The Bertz CT molecular complexity index is 658. The molecule has 1 saturated carbocycles. The fraction of sp³-hybridized carbons (Fsp3) is 0.235. The van der Waals surface area contributed by atoms with Crippen molar-refractivity contribution in [2.24, 2.45) is 0 Å². The Morgan fingerprint density at radius 1 is 1.25 bits per heavy atom. The second-order valence-electron chi connectivity index (χ2n) is 5.15. The summed E-state index contributed by atoms with van der Waals surface area (Å²) in [6.07, 6.45) is 8.20. The molecule has 0 saturated heterocycles. The van der Waals surface area contributed by atoms with Crippen LogP contribution in [0.1, 0.15) is 30.9 Å². The summed E-state index contributed by atoms with van der Waals surface area (Å²) in [6.45, 7) is 2.07. The number of hydrogen-bond acceptors (Lipinski definition) is 1. The predicted octanol–water partition coefficient (Wildman–Crippen LogP) is 5.52. The molecule has 1 heterocycles. The normalized spacial score (nSPS) is 17.1. The smallest absolute Gasteiger partial charge is 0.0496 e. The molecule has 0 unspecified atom stereocenters. The highest BCUT2D eigenvalue weighted by Gasteiger charge is 2.48. The summed E-state index contributed by atoms with van der Waals surface area (Å²) in [5, 5.41) is 1.38. The molecular weight excluding hydrogens is 289 g/mol. The van der Waals surface area contributed by atoms with Crippen LogP contribution in [0.15, 0.2) is 48.8 Å². The third kappa shape index (κ3) is 2.25. The van der Waals surface area contributed by atoms with Gasteiger partial charge in [-0.3, -0.25) is 4.98 Å². The first-order valence-electron chi connectivity index (χ1n) is 6.70. The van der Waals surface area contributed by atoms with Crippen molar-refractivity contribution < 1.29 is 0 Å². The molecule has 1 nitrogen and oxygen atoms in total. The first-order valence-corrected chi connectivity index (χ1v) is 7.46. The van der Waals surface area contributed by atoms with Gasteiger partial charge >= 0.3 is 0 Å². The lowest BCUT2D eigenvalue weighted by atomic mass is 9.84. The summed E-state index contributed by atoms with van der Waals surface area (Å²) in [7, 11) is 0. The molecule has 102 valence electrons. The van der Waals surface area contributed by atoms with Gasteiger partial charge in [0.25, 0.3) is 0 Å². The van der Waals surface area contributed by atoms with E-state index in [2.05, 4.69) is 24.1 Å². The minimum atomic E-state index is 0.0699. The summed E-state index contributed by atoms with van der Waals surface area (Å²) < 4.78 is 0. The number of aromatic nitrogens is 1. The lowest BCUT2D eigenvalue weighted by Gasteiger charge is -2.21. The van der Waals surface area contributed by atoms with Gasteiger partial charge in [0.1, 0.15) is 0 Å². The summed E-state index contributed by atoms with van der Waals surface area (Å²) in [6, 6.07) is 9.85. The van der Waals surface area contributed by atoms with Gasteiger partial charge in [0.05, 0.1) is 0 Å². The predicted molar refractivity (Wildman–Crippen MR) is 85.3 cm³/mol. The first kappa shape index (κ1) is 13.7. The Balaban J connectivity index is 2.08. The molecule has 1 aromatic heterocycles. The number of hydrogen-bond donors (Lipinski definition) is 0. The Kier molecular flexibility index (Phi) is 3.57. The fourth-order valence-corrected chi connectivity index (χ4v) is 3.39. The Hall–Kier alpha value is -1.31. The van der Waals surface area contributed by atoms with Gasteiger partial charge in [-0.1, -0.05) is 41.4 Å². The number of allylic oxidation sites excluding steroid dienone is 2. The van der Waals surface area contributed by atoms with Crippen molar-refractivity contribution in [3.8, 4) is 0 Å². The summed E-state index contributed by atoms with van der Waals surface area (Å²) in [5.74, 6) is 0. The maximum atomic E-state index is 6.38. The third-order valence-corrected chi connectivity index (χ3v) is 4.54. The van der Waals surface area contributed by atoms with E-state index in [-0.39, 0.29) is 5.41 Å². The quantitative estimate of drug-likeness (QED) is 0.727. The van der Waals surface area contributed by atoms with Crippen LogP contribution in [0.4, 0.5) is 0 Å². The number of halogens is 2. The Morgan fingerprint density at radius 3 is 2.60 bits per heavy atom. The van der Waals surface area contributed by atoms with Crippen LogP contribution in [0.2, 0.25) is 10.0 Å². The fourth-order valence-electron chi connectivity index (χ4n) is 2.88. The van der Waals surface area contributed by atoms with E-state index in [0.29, 0.717) is 10.0 Å². The zero-order valence-electron chi connectivity index (χ0n) is 11.2. The highest BCUT2D eigenvalue weighted by atomic mass is 35.5. The van der Waals surface area contributed by atoms with Crippen molar-refractivity contribution in [2.45, 2.75) is 25.2 Å². The van der Waals surface area contributed by atoms with Crippen molar-refractivity contribution in [3.63, 3.8) is 0 Å². The lowest BCUT2D eigenvalue weighted by molar-refractivity contribution is 0.902. The standard InChI is InChI=1S/C17H15Cl2N/c1-2-15(14-6-5-13(18)10-16(14)19)17(7-8-17)12-4-3-9-20-11-12/h2-6,9-11H,7-8H2,1H3/b15-2+. The Labute approximate surface area is 129 Å². The highest BCUT2D eigenvalue weighted by Crippen LogP contribution is 2.57. The number of rotatable bonds is 3. The van der Waals surface area contributed by atoms with Crippen LogP contribution in [-0.4, -0.2) is 4.98 Å². The van der Waals surface area contributed by atoms with E-state index in [1.807, 2.05) is 30.6 Å². The molecule has 0 amide bonds. The second kappa shape index (κ2) is 5.23. The van der Waals surface area contributed by atoms with Gasteiger partial charge < -0.3 is 0 Å².